The quantitative estimate of drug-likeness (QED) is 0.257. The van der Waals surface area contributed by atoms with Gasteiger partial charge in [0.25, 0.3) is 0 Å². The van der Waals surface area contributed by atoms with Crippen molar-refractivity contribution < 1.29 is 52.7 Å². The highest BCUT2D eigenvalue weighted by Crippen LogP contribution is 2.67. The van der Waals surface area contributed by atoms with E-state index in [1.165, 1.54) is 0 Å². The molecule has 0 aromatic heterocycles. The highest BCUT2D eigenvalue weighted by atomic mass is 31.3. The summed E-state index contributed by atoms with van der Waals surface area (Å²) in [6, 6.07) is 0. The Morgan fingerprint density at radius 1 is 1.21 bits per heavy atom. The van der Waals surface area contributed by atoms with Gasteiger partial charge in [0, 0.05) is 6.42 Å². The number of carboxylic acids is 1. The van der Waals surface area contributed by atoms with Crippen molar-refractivity contribution in [3.05, 3.63) is 0 Å². The van der Waals surface area contributed by atoms with Crippen molar-refractivity contribution in [3.63, 3.8) is 0 Å². The number of hydrogen-bond acceptors (Lipinski definition) is 9. The summed E-state index contributed by atoms with van der Waals surface area (Å²) in [5.41, 5.74) is -2.27. The highest BCUT2D eigenvalue weighted by Gasteiger charge is 2.58. The maximum Gasteiger partial charge on any atom is 0.620 e. The zero-order valence-electron chi connectivity index (χ0n) is 9.46. The minimum absolute atomic E-state index is 0.629. The Morgan fingerprint density at radius 2 is 1.74 bits per heavy atom. The number of hydrogen-bond donors (Lipinski definition) is 7. The topological polar surface area (TPSA) is 177 Å². The molecule has 10 nitrogen and oxygen atoms in total. The molecule has 0 aromatic carbocycles. The molecule has 0 heterocycles. The van der Waals surface area contributed by atoms with Crippen LogP contribution in [0.4, 0.5) is 4.39 Å². The Morgan fingerprint density at radius 3 is 2.11 bits per heavy atom. The van der Waals surface area contributed by atoms with Gasteiger partial charge in [0.1, 0.15) is 18.9 Å². The second-order valence-corrected chi connectivity index (χ2v) is 6.52. The molecule has 0 aliphatic carbocycles. The van der Waals surface area contributed by atoms with Gasteiger partial charge in [-0.3, -0.25) is 4.79 Å². The summed E-state index contributed by atoms with van der Waals surface area (Å²) >= 11 is 0. The second kappa shape index (κ2) is 7.09. The first-order valence-electron chi connectivity index (χ1n) is 4.67. The van der Waals surface area contributed by atoms with Gasteiger partial charge in [-0.15, -0.1) is 0 Å². The van der Waals surface area contributed by atoms with Gasteiger partial charge in [-0.2, -0.15) is 29.0 Å². The van der Waals surface area contributed by atoms with E-state index < -0.39 is 54.0 Å². The van der Waals surface area contributed by atoms with Crippen LogP contribution in [-0.2, 0) is 13.6 Å². The zero-order chi connectivity index (χ0) is 15.3. The summed E-state index contributed by atoms with van der Waals surface area (Å²) in [6.07, 6.45) is -1.57. The lowest BCUT2D eigenvalue weighted by Gasteiger charge is -2.21. The van der Waals surface area contributed by atoms with E-state index in [4.69, 9.17) is 29.6 Å². The van der Waals surface area contributed by atoms with Crippen LogP contribution in [0, 0.1) is 0 Å². The highest BCUT2D eigenvalue weighted by molar-refractivity contribution is 7.67. The van der Waals surface area contributed by atoms with Gasteiger partial charge >= 0.3 is 22.3 Å². The molecule has 1 atom stereocenters. The summed E-state index contributed by atoms with van der Waals surface area (Å²) in [6.45, 7) is -2.17. The van der Waals surface area contributed by atoms with Crippen molar-refractivity contribution in [2.45, 2.75) is 18.4 Å². The van der Waals surface area contributed by atoms with E-state index in [-0.39, 0.29) is 0 Å². The third-order valence-electron chi connectivity index (χ3n) is 1.77. The summed E-state index contributed by atoms with van der Waals surface area (Å²) in [4.78, 5) is 53.6. The Kier molecular flexibility index (Phi) is 7.07. The van der Waals surface area contributed by atoms with Crippen molar-refractivity contribution in [1.82, 2.24) is 0 Å². The van der Waals surface area contributed by atoms with Crippen LogP contribution in [0.25, 0.3) is 0 Å². The van der Waals surface area contributed by atoms with Gasteiger partial charge < -0.3 is 10.2 Å². The van der Waals surface area contributed by atoms with Crippen molar-refractivity contribution in [2.75, 3.05) is 13.3 Å². The van der Waals surface area contributed by atoms with Crippen molar-refractivity contribution >= 4 is 22.3 Å². The molecule has 0 saturated carbocycles. The molecule has 0 fully saturated rings. The van der Waals surface area contributed by atoms with Crippen LogP contribution in [0.5, 0.6) is 0 Å². The third-order valence-corrected chi connectivity index (χ3v) is 4.02. The molecule has 0 bridgehead atoms. The molecular weight excluding hydrogens is 313 g/mol. The molecule has 7 N–H and O–H groups in total. The third kappa shape index (κ3) is 9.47. The van der Waals surface area contributed by atoms with Crippen LogP contribution in [0.2, 0.25) is 0 Å². The Hall–Kier alpha value is -0.0600. The number of carbonyl (C=O) groups is 1. The normalized spacial score (nSPS) is 16.2. The fraction of sp³-hybridized carbons (Fsp3) is 0.833. The number of alkyl halides is 1. The molecule has 0 aromatic rings. The van der Waals surface area contributed by atoms with Crippen molar-refractivity contribution in [2.24, 2.45) is 0 Å². The molecule has 114 valence electrons. The van der Waals surface area contributed by atoms with E-state index in [0.29, 0.717) is 0 Å². The number of aliphatic carboxylic acids is 1. The Bertz CT molecular complexity index is 307. The van der Waals surface area contributed by atoms with E-state index in [0.717, 1.165) is 0 Å². The summed E-state index contributed by atoms with van der Waals surface area (Å²) in [5, 5.41) is 17.9. The van der Waals surface area contributed by atoms with E-state index >= 15 is 0 Å². The zero-order valence-corrected chi connectivity index (χ0v) is 11.2. The van der Waals surface area contributed by atoms with Crippen molar-refractivity contribution in [3.8, 4) is 0 Å². The number of aliphatic hydroxyl groups is 1. The van der Waals surface area contributed by atoms with Gasteiger partial charge in [-0.05, 0) is 0 Å². The molecular formula is C6H15FO10P2+2. The summed E-state index contributed by atoms with van der Waals surface area (Å²) in [5.74, 6) is -1.48. The summed E-state index contributed by atoms with van der Waals surface area (Å²) in [7, 11) is -9.73. The maximum absolute atomic E-state index is 12.5. The molecule has 0 saturated heterocycles. The molecule has 0 rings (SSSR count). The Labute approximate surface area is 108 Å². The first-order valence-corrected chi connectivity index (χ1v) is 7.76. The fourth-order valence-corrected chi connectivity index (χ4v) is 2.66. The van der Waals surface area contributed by atoms with E-state index in [1.807, 2.05) is 0 Å². The fourth-order valence-electron chi connectivity index (χ4n) is 1.00. The second-order valence-electron chi connectivity index (χ2n) is 3.60. The van der Waals surface area contributed by atoms with Gasteiger partial charge in [0.05, 0.1) is 10.7 Å². The van der Waals surface area contributed by atoms with E-state index in [1.54, 1.807) is 0 Å². The SMILES string of the molecule is O=C(O)CC(O)(CF)CCO[P+](O)(O)O[P+](O)(O)O. The molecule has 0 spiro atoms. The van der Waals surface area contributed by atoms with Crippen LogP contribution < -0.4 is 0 Å². The standard InChI is InChI=1S/C6H14FO10P2/c7-4-6(10,3-5(8)9)1-2-16-19(14,15)17-18(11,12)13/h10-15H,1-4H2/q+1/p+1. The number of halogens is 1. The smallest absolute Gasteiger partial charge is 0.481 e. The van der Waals surface area contributed by atoms with Crippen LogP contribution >= 0.6 is 16.3 Å². The van der Waals surface area contributed by atoms with Gasteiger partial charge in [-0.1, -0.05) is 0 Å². The van der Waals surface area contributed by atoms with E-state index in [2.05, 4.69) is 8.83 Å². The first-order chi connectivity index (χ1) is 8.39. The van der Waals surface area contributed by atoms with Gasteiger partial charge in [0.2, 0.25) is 0 Å². The average Bonchev–Trinajstić information content (AvgIpc) is 2.11. The van der Waals surface area contributed by atoms with E-state index in [9.17, 15) is 14.3 Å². The molecule has 0 amide bonds. The lowest BCUT2D eigenvalue weighted by molar-refractivity contribution is -0.143. The predicted molar refractivity (Wildman–Crippen MR) is 59.8 cm³/mol. The molecule has 13 heteroatoms. The van der Waals surface area contributed by atoms with Crippen LogP contribution in [0.1, 0.15) is 12.8 Å². The monoisotopic (exact) mass is 328 g/mol. The Balaban J connectivity index is 4.30. The van der Waals surface area contributed by atoms with Gasteiger partial charge in [-0.25, -0.2) is 4.39 Å². The maximum atomic E-state index is 12.5. The first kappa shape index (κ1) is 18.9. The van der Waals surface area contributed by atoms with Gasteiger partial charge in [0.15, 0.2) is 0 Å². The van der Waals surface area contributed by atoms with Crippen LogP contribution in [-0.4, -0.2) is 59.5 Å². The molecule has 0 aliphatic heterocycles. The lowest BCUT2D eigenvalue weighted by Crippen LogP contribution is -2.35. The predicted octanol–water partition coefficient (Wildman–Crippen LogP) is -1.10. The van der Waals surface area contributed by atoms with Crippen LogP contribution in [0.3, 0.4) is 0 Å². The molecule has 0 radical (unpaired) electrons. The molecule has 0 aliphatic rings. The summed E-state index contributed by atoms with van der Waals surface area (Å²) < 4.78 is 20.3. The number of carboxylic acid groups (broad SMARTS) is 1. The molecule has 19 heavy (non-hydrogen) atoms. The average molecular weight is 328 g/mol. The molecule has 1 unspecified atom stereocenters. The number of rotatable bonds is 9. The van der Waals surface area contributed by atoms with Crippen LogP contribution in [0.15, 0.2) is 0 Å². The van der Waals surface area contributed by atoms with Crippen molar-refractivity contribution in [1.29, 1.82) is 0 Å². The minimum Gasteiger partial charge on any atom is -0.481 e. The minimum atomic E-state index is -4.95. The lowest BCUT2D eigenvalue weighted by atomic mass is 9.98. The largest absolute Gasteiger partial charge is 0.620 e.